The molecule has 1 atom stereocenters. The highest BCUT2D eigenvalue weighted by Gasteiger charge is 2.25. The quantitative estimate of drug-likeness (QED) is 0.737. The molecule has 0 radical (unpaired) electrons. The summed E-state index contributed by atoms with van der Waals surface area (Å²) in [5, 5.41) is 2.54. The third-order valence-corrected chi connectivity index (χ3v) is 5.99. The molecule has 1 fully saturated rings. The second kappa shape index (κ2) is 8.44. The summed E-state index contributed by atoms with van der Waals surface area (Å²) < 4.78 is 51.3. The molecular weight excluding hydrogens is 411 g/mol. The first-order valence-electron chi connectivity index (χ1n) is 8.34. The van der Waals surface area contributed by atoms with Crippen molar-refractivity contribution in [2.24, 2.45) is 0 Å². The van der Waals surface area contributed by atoms with Crippen molar-refractivity contribution in [3.05, 3.63) is 52.8 Å². The maximum Gasteiger partial charge on any atom is 0.259 e. The molecule has 0 unspecified atom stereocenters. The van der Waals surface area contributed by atoms with Crippen LogP contribution in [-0.2, 0) is 14.8 Å². The Morgan fingerprint density at radius 2 is 2.07 bits per heavy atom. The van der Waals surface area contributed by atoms with E-state index in [0.717, 1.165) is 12.1 Å². The minimum Gasteiger partial charge on any atom is -0.496 e. The first kappa shape index (κ1) is 20.5. The van der Waals surface area contributed by atoms with Crippen molar-refractivity contribution in [2.45, 2.75) is 17.4 Å². The summed E-state index contributed by atoms with van der Waals surface area (Å²) in [5.41, 5.74) is 0.179. The maximum atomic E-state index is 13.2. The Morgan fingerprint density at radius 1 is 1.29 bits per heavy atom. The fourth-order valence-electron chi connectivity index (χ4n) is 2.73. The van der Waals surface area contributed by atoms with Crippen LogP contribution in [0.1, 0.15) is 16.8 Å². The molecule has 2 N–H and O–H groups in total. The predicted molar refractivity (Wildman–Crippen MR) is 102 cm³/mol. The van der Waals surface area contributed by atoms with E-state index in [4.69, 9.17) is 21.1 Å². The summed E-state index contributed by atoms with van der Waals surface area (Å²) in [6, 6.07) is 7.14. The largest absolute Gasteiger partial charge is 0.496 e. The molecule has 2 aromatic carbocycles. The minimum absolute atomic E-state index is 0.00608. The second-order valence-electron chi connectivity index (χ2n) is 6.12. The van der Waals surface area contributed by atoms with Gasteiger partial charge in [-0.15, -0.1) is 0 Å². The Morgan fingerprint density at radius 3 is 2.71 bits per heavy atom. The minimum atomic E-state index is -3.85. The number of carbonyl (C=O) groups is 1. The summed E-state index contributed by atoms with van der Waals surface area (Å²) in [6.07, 6.45) is 0.575. The van der Waals surface area contributed by atoms with Crippen molar-refractivity contribution in [3.63, 3.8) is 0 Å². The Labute approximate surface area is 166 Å². The molecule has 1 aliphatic rings. The summed E-state index contributed by atoms with van der Waals surface area (Å²) in [6.45, 7) is 0.785. The van der Waals surface area contributed by atoms with E-state index in [2.05, 4.69) is 10.0 Å². The summed E-state index contributed by atoms with van der Waals surface area (Å²) in [7, 11) is -2.49. The van der Waals surface area contributed by atoms with E-state index in [0.29, 0.717) is 19.6 Å². The van der Waals surface area contributed by atoms with Crippen molar-refractivity contribution >= 4 is 33.2 Å². The van der Waals surface area contributed by atoms with Gasteiger partial charge in [-0.1, -0.05) is 11.6 Å². The third-order valence-electron chi connectivity index (χ3n) is 4.16. The summed E-state index contributed by atoms with van der Waals surface area (Å²) in [5.74, 6) is -1.01. The van der Waals surface area contributed by atoms with Gasteiger partial charge >= 0.3 is 0 Å². The summed E-state index contributed by atoms with van der Waals surface area (Å²) >= 11 is 5.93. The smallest absolute Gasteiger partial charge is 0.259 e. The first-order chi connectivity index (χ1) is 13.3. The van der Waals surface area contributed by atoms with Crippen LogP contribution in [0, 0.1) is 5.82 Å². The number of amides is 1. The summed E-state index contributed by atoms with van der Waals surface area (Å²) in [4.78, 5) is 12.6. The van der Waals surface area contributed by atoms with Crippen molar-refractivity contribution in [1.29, 1.82) is 0 Å². The van der Waals surface area contributed by atoms with E-state index >= 15 is 0 Å². The van der Waals surface area contributed by atoms with Gasteiger partial charge in [-0.05, 0) is 42.8 Å². The van der Waals surface area contributed by atoms with Gasteiger partial charge < -0.3 is 14.8 Å². The Bertz CT molecular complexity index is 993. The zero-order valence-electron chi connectivity index (χ0n) is 14.9. The van der Waals surface area contributed by atoms with Crippen LogP contribution in [0.4, 0.5) is 10.1 Å². The number of anilines is 1. The van der Waals surface area contributed by atoms with Crippen LogP contribution >= 0.6 is 11.6 Å². The lowest BCUT2D eigenvalue weighted by atomic mass is 10.2. The molecule has 28 heavy (non-hydrogen) atoms. The van der Waals surface area contributed by atoms with Crippen molar-refractivity contribution in [2.75, 3.05) is 25.6 Å². The van der Waals surface area contributed by atoms with Gasteiger partial charge in [-0.3, -0.25) is 4.79 Å². The average Bonchev–Trinajstić information content (AvgIpc) is 3.15. The molecule has 10 heteroatoms. The van der Waals surface area contributed by atoms with Crippen LogP contribution in [0.15, 0.2) is 41.3 Å². The van der Waals surface area contributed by atoms with E-state index < -0.39 is 21.7 Å². The normalized spacial score (nSPS) is 16.8. The Hall–Kier alpha value is -2.20. The Kier molecular flexibility index (Phi) is 6.19. The van der Waals surface area contributed by atoms with Crippen LogP contribution in [0.3, 0.4) is 0 Å². The molecule has 150 valence electrons. The first-order valence-corrected chi connectivity index (χ1v) is 10.2. The molecule has 1 heterocycles. The van der Waals surface area contributed by atoms with Crippen molar-refractivity contribution in [1.82, 2.24) is 4.72 Å². The molecule has 0 bridgehead atoms. The number of hydrogen-bond acceptors (Lipinski definition) is 5. The van der Waals surface area contributed by atoms with Gasteiger partial charge in [0.25, 0.3) is 5.91 Å². The van der Waals surface area contributed by atoms with Crippen LogP contribution < -0.4 is 14.8 Å². The lowest BCUT2D eigenvalue weighted by molar-refractivity contribution is 0.102. The van der Waals surface area contributed by atoms with Gasteiger partial charge in [-0.25, -0.2) is 17.5 Å². The predicted octanol–water partition coefficient (Wildman–Crippen LogP) is 2.81. The van der Waals surface area contributed by atoms with Gasteiger partial charge in [0, 0.05) is 12.6 Å². The van der Waals surface area contributed by atoms with E-state index in [-0.39, 0.29) is 33.0 Å². The number of benzene rings is 2. The molecular formula is C18H18ClFN2O5S. The third kappa shape index (κ3) is 4.61. The van der Waals surface area contributed by atoms with Crippen LogP contribution in [0.25, 0.3) is 0 Å². The highest BCUT2D eigenvalue weighted by Crippen LogP contribution is 2.27. The maximum absolute atomic E-state index is 13.2. The number of ether oxygens (including phenoxy) is 2. The van der Waals surface area contributed by atoms with Crippen LogP contribution in [-0.4, -0.2) is 40.7 Å². The van der Waals surface area contributed by atoms with Crippen LogP contribution in [0.5, 0.6) is 5.75 Å². The highest BCUT2D eigenvalue weighted by molar-refractivity contribution is 7.89. The molecule has 7 nitrogen and oxygen atoms in total. The monoisotopic (exact) mass is 428 g/mol. The zero-order valence-corrected chi connectivity index (χ0v) is 16.4. The second-order valence-corrected chi connectivity index (χ2v) is 8.24. The fourth-order valence-corrected chi connectivity index (χ4v) is 4.22. The Balaban J connectivity index is 1.88. The van der Waals surface area contributed by atoms with Gasteiger partial charge in [0.2, 0.25) is 10.0 Å². The number of carbonyl (C=O) groups excluding carboxylic acids is 1. The highest BCUT2D eigenvalue weighted by atomic mass is 35.5. The molecule has 0 spiro atoms. The lowest BCUT2D eigenvalue weighted by Crippen LogP contribution is -2.35. The number of hydrogen-bond donors (Lipinski definition) is 2. The van der Waals surface area contributed by atoms with E-state index in [1.54, 1.807) is 0 Å². The molecule has 3 rings (SSSR count). The van der Waals surface area contributed by atoms with Gasteiger partial charge in [0.05, 0.1) is 34.9 Å². The van der Waals surface area contributed by atoms with Crippen molar-refractivity contribution < 1.29 is 27.1 Å². The number of methoxy groups -OCH3 is 1. The van der Waals surface area contributed by atoms with Gasteiger partial charge in [0.1, 0.15) is 11.6 Å². The van der Waals surface area contributed by atoms with Gasteiger partial charge in [0.15, 0.2) is 0 Å². The molecule has 1 amide bonds. The number of nitrogens with one attached hydrogen (secondary N) is 2. The number of rotatable bonds is 6. The van der Waals surface area contributed by atoms with Crippen LogP contribution in [0.2, 0.25) is 5.02 Å². The topological polar surface area (TPSA) is 93.7 Å². The zero-order chi connectivity index (χ0) is 20.3. The van der Waals surface area contributed by atoms with Gasteiger partial charge in [-0.2, -0.15) is 0 Å². The fraction of sp³-hybridized carbons (Fsp3) is 0.278. The van der Waals surface area contributed by atoms with E-state index in [1.165, 1.54) is 31.4 Å². The molecule has 1 aliphatic heterocycles. The molecule has 0 aromatic heterocycles. The lowest BCUT2D eigenvalue weighted by Gasteiger charge is -2.14. The standard InChI is InChI=1S/C18H18ClFN2O5S/c1-26-17-5-3-13(28(24,25)22-12-6-7-27-10-12)9-14(17)18(23)21-16-4-2-11(20)8-15(16)19/h2-5,8-9,12,22H,6-7,10H2,1H3,(H,21,23)/t12-/m0/s1. The number of halogens is 2. The SMILES string of the molecule is COc1ccc(S(=O)(=O)N[C@H]2CCOC2)cc1C(=O)Nc1ccc(F)cc1Cl. The molecule has 1 saturated heterocycles. The molecule has 0 aliphatic carbocycles. The average molecular weight is 429 g/mol. The van der Waals surface area contributed by atoms with E-state index in [9.17, 15) is 17.6 Å². The number of sulfonamides is 1. The van der Waals surface area contributed by atoms with E-state index in [1.807, 2.05) is 0 Å². The molecule has 0 saturated carbocycles. The molecule has 2 aromatic rings. The van der Waals surface area contributed by atoms with Crippen molar-refractivity contribution in [3.8, 4) is 5.75 Å².